The van der Waals surface area contributed by atoms with E-state index in [-0.39, 0.29) is 23.3 Å². The van der Waals surface area contributed by atoms with E-state index in [0.717, 1.165) is 18.9 Å². The van der Waals surface area contributed by atoms with Crippen molar-refractivity contribution in [3.8, 4) is 11.5 Å². The molecule has 36 heavy (non-hydrogen) atoms. The van der Waals surface area contributed by atoms with Crippen molar-refractivity contribution >= 4 is 23.2 Å². The minimum atomic E-state index is -0.688. The highest BCUT2D eigenvalue weighted by Crippen LogP contribution is 2.42. The van der Waals surface area contributed by atoms with Crippen LogP contribution in [0.25, 0.3) is 0 Å². The Kier molecular flexibility index (Phi) is 7.51. The van der Waals surface area contributed by atoms with E-state index in [9.17, 15) is 15.0 Å². The quantitative estimate of drug-likeness (QED) is 0.498. The van der Waals surface area contributed by atoms with Gasteiger partial charge >= 0.3 is 0 Å². The van der Waals surface area contributed by atoms with Crippen LogP contribution in [0.2, 0.25) is 0 Å². The molecule has 11 heteroatoms. The van der Waals surface area contributed by atoms with Crippen molar-refractivity contribution in [2.45, 2.75) is 25.9 Å². The number of hydrazone groups is 1. The van der Waals surface area contributed by atoms with Crippen molar-refractivity contribution in [1.29, 1.82) is 0 Å². The maximum atomic E-state index is 12.5. The van der Waals surface area contributed by atoms with Gasteiger partial charge in [0.05, 0.1) is 31.6 Å². The Morgan fingerprint density at radius 1 is 1.19 bits per heavy atom. The zero-order chi connectivity index (χ0) is 26.0. The molecule has 1 saturated heterocycles. The van der Waals surface area contributed by atoms with Gasteiger partial charge in [0.1, 0.15) is 17.3 Å². The van der Waals surface area contributed by atoms with Crippen molar-refractivity contribution in [3.63, 3.8) is 0 Å². The van der Waals surface area contributed by atoms with Gasteiger partial charge in [0.15, 0.2) is 6.17 Å². The van der Waals surface area contributed by atoms with Gasteiger partial charge in [-0.15, -0.1) is 0 Å². The highest BCUT2D eigenvalue weighted by atomic mass is 16.5. The van der Waals surface area contributed by atoms with Crippen LogP contribution in [0.3, 0.4) is 0 Å². The zero-order valence-corrected chi connectivity index (χ0v) is 21.3. The molecule has 1 fully saturated rings. The van der Waals surface area contributed by atoms with Crippen LogP contribution >= 0.6 is 0 Å². The van der Waals surface area contributed by atoms with E-state index >= 15 is 0 Å². The lowest BCUT2D eigenvalue weighted by molar-refractivity contribution is -0.112. The third kappa shape index (κ3) is 5.17. The number of carbonyl (C=O) groups is 1. The maximum absolute atomic E-state index is 12.5. The zero-order valence-electron chi connectivity index (χ0n) is 21.3. The molecule has 194 valence electrons. The molecule has 4 N–H and O–H groups in total. The molecule has 0 radical (unpaired) electrons. The van der Waals surface area contributed by atoms with E-state index in [1.165, 1.54) is 6.07 Å². The fourth-order valence-corrected chi connectivity index (χ4v) is 4.46. The standard InChI is InChI=1S/C25H35N7O4/c1-16(2)18-13-19(21(34)14-20(18)33)25-31(8-7-29(3)4)28-24(23(26)35)32(25)17-5-6-22(27-15-17)30-9-11-36-12-10-30/h5-6,13-16,25,33-34H,7-12H2,1-4H3,(H2,26,35). The Hall–Kier alpha value is -3.57. The lowest BCUT2D eigenvalue weighted by atomic mass is 9.97. The molecule has 1 unspecified atom stereocenters. The number of pyridine rings is 1. The molecule has 0 aliphatic carbocycles. The summed E-state index contributed by atoms with van der Waals surface area (Å²) in [6.07, 6.45) is 1.02. The lowest BCUT2D eigenvalue weighted by Gasteiger charge is -2.33. The summed E-state index contributed by atoms with van der Waals surface area (Å²) in [6, 6.07) is 6.88. The topological polar surface area (TPSA) is 131 Å². The van der Waals surface area contributed by atoms with Gasteiger partial charge in [0.2, 0.25) is 5.84 Å². The average Bonchev–Trinajstić information content (AvgIpc) is 3.23. The number of hydrogen-bond donors (Lipinski definition) is 3. The Balaban J connectivity index is 1.79. The molecule has 1 aromatic carbocycles. The number of aromatic nitrogens is 1. The number of amides is 1. The predicted octanol–water partition coefficient (Wildman–Crippen LogP) is 1.63. The van der Waals surface area contributed by atoms with Crippen LogP contribution in [-0.2, 0) is 9.53 Å². The number of primary amides is 1. The number of nitrogens with zero attached hydrogens (tertiary/aromatic N) is 6. The van der Waals surface area contributed by atoms with Gasteiger partial charge in [-0.25, -0.2) is 4.98 Å². The molecule has 11 nitrogen and oxygen atoms in total. The number of nitrogens with two attached hydrogens (primary N) is 1. The Morgan fingerprint density at radius 3 is 2.50 bits per heavy atom. The third-order valence-electron chi connectivity index (χ3n) is 6.40. The molecule has 0 saturated carbocycles. The van der Waals surface area contributed by atoms with Crippen LogP contribution < -0.4 is 15.5 Å². The number of benzene rings is 1. The number of anilines is 2. The van der Waals surface area contributed by atoms with Crippen molar-refractivity contribution in [2.75, 3.05) is 63.3 Å². The first-order valence-corrected chi connectivity index (χ1v) is 12.1. The van der Waals surface area contributed by atoms with E-state index in [2.05, 4.69) is 15.0 Å². The Labute approximate surface area is 211 Å². The molecule has 4 rings (SSSR count). The SMILES string of the molecule is CC(C)c1cc(C2N(CCN(C)C)N=C(C(N)=O)N2c2ccc(N3CCOCC3)nc2)c(O)cc1O. The second-order valence-electron chi connectivity index (χ2n) is 9.60. The van der Waals surface area contributed by atoms with Gasteiger partial charge in [-0.3, -0.25) is 14.7 Å². The summed E-state index contributed by atoms with van der Waals surface area (Å²) in [7, 11) is 3.90. The summed E-state index contributed by atoms with van der Waals surface area (Å²) in [6.45, 7) is 7.86. The maximum Gasteiger partial charge on any atom is 0.286 e. The first-order chi connectivity index (χ1) is 17.2. The van der Waals surface area contributed by atoms with Crippen LogP contribution in [-0.4, -0.2) is 90.3 Å². The van der Waals surface area contributed by atoms with Gasteiger partial charge in [-0.1, -0.05) is 13.8 Å². The van der Waals surface area contributed by atoms with Crippen LogP contribution in [0, 0.1) is 0 Å². The fourth-order valence-electron chi connectivity index (χ4n) is 4.46. The molecule has 1 aromatic heterocycles. The highest BCUT2D eigenvalue weighted by Gasteiger charge is 2.40. The number of ether oxygens (including phenoxy) is 1. The van der Waals surface area contributed by atoms with Gasteiger partial charge in [0.25, 0.3) is 5.91 Å². The molecule has 2 aromatic rings. The molecule has 1 atom stereocenters. The van der Waals surface area contributed by atoms with Crippen molar-refractivity contribution in [3.05, 3.63) is 41.6 Å². The summed E-state index contributed by atoms with van der Waals surface area (Å²) in [4.78, 5) is 23.0. The number of aromatic hydroxyl groups is 2. The van der Waals surface area contributed by atoms with Crippen molar-refractivity contribution < 1.29 is 19.7 Å². The smallest absolute Gasteiger partial charge is 0.286 e. The summed E-state index contributed by atoms with van der Waals surface area (Å²) in [5.74, 6) is 0.115. The molecular formula is C25H35N7O4. The largest absolute Gasteiger partial charge is 0.508 e. The van der Waals surface area contributed by atoms with Crippen LogP contribution in [0.5, 0.6) is 11.5 Å². The van der Waals surface area contributed by atoms with Crippen LogP contribution in [0.4, 0.5) is 11.5 Å². The summed E-state index contributed by atoms with van der Waals surface area (Å²) in [5.41, 5.74) is 7.58. The van der Waals surface area contributed by atoms with Gasteiger partial charge in [-0.05, 0) is 43.8 Å². The van der Waals surface area contributed by atoms with E-state index in [0.29, 0.717) is 43.1 Å². The minimum Gasteiger partial charge on any atom is -0.508 e. The van der Waals surface area contributed by atoms with Crippen LogP contribution in [0.15, 0.2) is 35.6 Å². The van der Waals surface area contributed by atoms with E-state index in [1.54, 1.807) is 22.2 Å². The highest BCUT2D eigenvalue weighted by molar-refractivity contribution is 6.43. The third-order valence-corrected chi connectivity index (χ3v) is 6.40. The van der Waals surface area contributed by atoms with Crippen molar-refractivity contribution in [1.82, 2.24) is 14.9 Å². The number of likely N-dealkylation sites (N-methyl/N-ethyl adjacent to an activating group) is 1. The number of hydrogen-bond acceptors (Lipinski definition) is 10. The second-order valence-corrected chi connectivity index (χ2v) is 9.60. The fraction of sp³-hybridized carbons (Fsp3) is 0.480. The molecule has 0 spiro atoms. The van der Waals surface area contributed by atoms with E-state index < -0.39 is 12.1 Å². The second kappa shape index (κ2) is 10.6. The summed E-state index contributed by atoms with van der Waals surface area (Å²) >= 11 is 0. The first-order valence-electron chi connectivity index (χ1n) is 12.1. The minimum absolute atomic E-state index is 0.0143. The molecule has 0 bridgehead atoms. The van der Waals surface area contributed by atoms with Gasteiger partial charge < -0.3 is 30.5 Å². The Bertz CT molecular complexity index is 1110. The first kappa shape index (κ1) is 25.5. The average molecular weight is 498 g/mol. The van der Waals surface area contributed by atoms with Gasteiger partial charge in [-0.2, -0.15) is 5.10 Å². The number of morpholine rings is 1. The lowest BCUT2D eigenvalue weighted by Crippen LogP contribution is -2.42. The summed E-state index contributed by atoms with van der Waals surface area (Å²) < 4.78 is 5.43. The number of rotatable bonds is 8. The van der Waals surface area contributed by atoms with E-state index in [4.69, 9.17) is 10.5 Å². The molecule has 2 aliphatic heterocycles. The van der Waals surface area contributed by atoms with E-state index in [1.807, 2.05) is 45.0 Å². The molecule has 1 amide bonds. The van der Waals surface area contributed by atoms with Crippen molar-refractivity contribution in [2.24, 2.45) is 10.8 Å². The number of phenolic OH excluding ortho intramolecular Hbond substituents is 2. The molecule has 2 aliphatic rings. The number of amidine groups is 1. The molecular weight excluding hydrogens is 462 g/mol. The van der Waals surface area contributed by atoms with Gasteiger partial charge in [0, 0.05) is 31.3 Å². The van der Waals surface area contributed by atoms with Crippen LogP contribution in [0.1, 0.15) is 37.1 Å². The Morgan fingerprint density at radius 2 is 1.92 bits per heavy atom. The monoisotopic (exact) mass is 497 g/mol. The summed E-state index contributed by atoms with van der Waals surface area (Å²) in [5, 5.41) is 27.7. The normalized spacial score (nSPS) is 18.3. The molecule has 3 heterocycles. The number of carbonyl (C=O) groups excluding carboxylic acids is 1. The number of phenols is 2. The predicted molar refractivity (Wildman–Crippen MR) is 138 cm³/mol.